The summed E-state index contributed by atoms with van der Waals surface area (Å²) in [5, 5.41) is 17.1. The van der Waals surface area contributed by atoms with Crippen LogP contribution in [0.15, 0.2) is 0 Å². The van der Waals surface area contributed by atoms with E-state index in [0.29, 0.717) is 19.3 Å². The van der Waals surface area contributed by atoms with Crippen molar-refractivity contribution in [3.63, 3.8) is 0 Å². The van der Waals surface area contributed by atoms with Crippen LogP contribution in [0.25, 0.3) is 0 Å². The van der Waals surface area contributed by atoms with Crippen LogP contribution in [-0.2, 0) is 9.59 Å². The standard InChI is InChI=1S/C9H16O4/c1-2-4-7(9(12)13)5-3-6-8(10)11/h7H,2-6H2,1H3,(H,10,11)(H,12,13). The van der Waals surface area contributed by atoms with Gasteiger partial charge in [0.1, 0.15) is 0 Å². The smallest absolute Gasteiger partial charge is 0.306 e. The molecule has 0 radical (unpaired) electrons. The zero-order valence-corrected chi connectivity index (χ0v) is 7.82. The molecule has 0 aliphatic rings. The molecule has 0 saturated carbocycles. The Kier molecular flexibility index (Phi) is 5.93. The number of carbonyl (C=O) groups is 2. The summed E-state index contributed by atoms with van der Waals surface area (Å²) in [4.78, 5) is 20.8. The van der Waals surface area contributed by atoms with Gasteiger partial charge in [0, 0.05) is 6.42 Å². The lowest BCUT2D eigenvalue weighted by atomic mass is 9.97. The Hall–Kier alpha value is -1.06. The van der Waals surface area contributed by atoms with E-state index in [0.717, 1.165) is 6.42 Å². The molecule has 0 aromatic rings. The van der Waals surface area contributed by atoms with Crippen molar-refractivity contribution in [1.82, 2.24) is 0 Å². The molecule has 76 valence electrons. The zero-order chi connectivity index (χ0) is 10.3. The minimum Gasteiger partial charge on any atom is -0.481 e. The topological polar surface area (TPSA) is 74.6 Å². The first-order valence-electron chi connectivity index (χ1n) is 4.52. The van der Waals surface area contributed by atoms with Gasteiger partial charge in [-0.05, 0) is 19.3 Å². The summed E-state index contributed by atoms with van der Waals surface area (Å²) in [5.74, 6) is -2.04. The van der Waals surface area contributed by atoms with E-state index in [2.05, 4.69) is 0 Å². The number of carboxylic acids is 2. The van der Waals surface area contributed by atoms with Gasteiger partial charge in [0.15, 0.2) is 0 Å². The highest BCUT2D eigenvalue weighted by Gasteiger charge is 2.15. The minimum absolute atomic E-state index is 0.0630. The molecule has 0 rings (SSSR count). The molecule has 4 heteroatoms. The van der Waals surface area contributed by atoms with Crippen LogP contribution in [0, 0.1) is 5.92 Å². The van der Waals surface area contributed by atoms with Crippen LogP contribution >= 0.6 is 0 Å². The van der Waals surface area contributed by atoms with Gasteiger partial charge >= 0.3 is 11.9 Å². The molecular weight excluding hydrogens is 172 g/mol. The molecule has 4 nitrogen and oxygen atoms in total. The molecule has 0 saturated heterocycles. The Labute approximate surface area is 77.6 Å². The van der Waals surface area contributed by atoms with Gasteiger partial charge in [-0.15, -0.1) is 0 Å². The van der Waals surface area contributed by atoms with Gasteiger partial charge in [-0.2, -0.15) is 0 Å². The summed E-state index contributed by atoms with van der Waals surface area (Å²) in [6, 6.07) is 0. The van der Waals surface area contributed by atoms with Crippen LogP contribution in [0.1, 0.15) is 39.0 Å². The normalized spacial score (nSPS) is 12.4. The number of aliphatic carboxylic acids is 2. The molecule has 13 heavy (non-hydrogen) atoms. The average Bonchev–Trinajstić information content (AvgIpc) is 2.02. The maximum atomic E-state index is 10.6. The molecule has 1 unspecified atom stereocenters. The molecule has 2 N–H and O–H groups in total. The first-order chi connectivity index (χ1) is 6.07. The summed E-state index contributed by atoms with van der Waals surface area (Å²) < 4.78 is 0. The van der Waals surface area contributed by atoms with Gasteiger partial charge in [-0.3, -0.25) is 9.59 Å². The van der Waals surface area contributed by atoms with Crippen LogP contribution in [0.2, 0.25) is 0 Å². The fourth-order valence-corrected chi connectivity index (χ4v) is 1.24. The summed E-state index contributed by atoms with van der Waals surface area (Å²) in [7, 11) is 0. The van der Waals surface area contributed by atoms with E-state index in [1.54, 1.807) is 0 Å². The van der Waals surface area contributed by atoms with E-state index in [-0.39, 0.29) is 12.3 Å². The fourth-order valence-electron chi connectivity index (χ4n) is 1.24. The van der Waals surface area contributed by atoms with Crippen LogP contribution in [-0.4, -0.2) is 22.2 Å². The number of carboxylic acid groups (broad SMARTS) is 2. The van der Waals surface area contributed by atoms with Crippen LogP contribution in [0.3, 0.4) is 0 Å². The second-order valence-corrected chi connectivity index (χ2v) is 3.11. The first-order valence-corrected chi connectivity index (χ1v) is 4.52. The number of hydrogen-bond donors (Lipinski definition) is 2. The van der Waals surface area contributed by atoms with Crippen molar-refractivity contribution in [3.8, 4) is 0 Å². The zero-order valence-electron chi connectivity index (χ0n) is 7.82. The lowest BCUT2D eigenvalue weighted by molar-refractivity contribution is -0.143. The Morgan fingerprint density at radius 1 is 1.23 bits per heavy atom. The van der Waals surface area contributed by atoms with E-state index in [9.17, 15) is 9.59 Å². The fraction of sp³-hybridized carbons (Fsp3) is 0.778. The van der Waals surface area contributed by atoms with Crippen molar-refractivity contribution < 1.29 is 19.8 Å². The number of hydrogen-bond acceptors (Lipinski definition) is 2. The largest absolute Gasteiger partial charge is 0.481 e. The SMILES string of the molecule is CCCC(CCCC(=O)O)C(=O)O. The van der Waals surface area contributed by atoms with E-state index in [1.165, 1.54) is 0 Å². The third-order valence-electron chi connectivity index (χ3n) is 1.93. The summed E-state index contributed by atoms with van der Waals surface area (Å²) in [6.45, 7) is 1.92. The molecule has 1 atom stereocenters. The molecule has 0 amide bonds. The quantitative estimate of drug-likeness (QED) is 0.638. The number of rotatable bonds is 7. The highest BCUT2D eigenvalue weighted by molar-refractivity contribution is 5.70. The van der Waals surface area contributed by atoms with Crippen molar-refractivity contribution in [2.45, 2.75) is 39.0 Å². The lowest BCUT2D eigenvalue weighted by Crippen LogP contribution is -2.13. The summed E-state index contributed by atoms with van der Waals surface area (Å²) in [5.41, 5.74) is 0. The van der Waals surface area contributed by atoms with Gasteiger partial charge in [0.05, 0.1) is 5.92 Å². The molecule has 0 fully saturated rings. The van der Waals surface area contributed by atoms with Gasteiger partial charge in [-0.25, -0.2) is 0 Å². The van der Waals surface area contributed by atoms with Crippen LogP contribution in [0.5, 0.6) is 0 Å². The summed E-state index contributed by atoms with van der Waals surface area (Å²) in [6.07, 6.45) is 2.44. The second kappa shape index (κ2) is 6.46. The van der Waals surface area contributed by atoms with Crippen molar-refractivity contribution in [2.75, 3.05) is 0 Å². The second-order valence-electron chi connectivity index (χ2n) is 3.11. The molecular formula is C9H16O4. The van der Waals surface area contributed by atoms with Gasteiger partial charge in [-0.1, -0.05) is 13.3 Å². The minimum atomic E-state index is -0.861. The molecule has 0 heterocycles. The summed E-state index contributed by atoms with van der Waals surface area (Å²) >= 11 is 0. The molecule has 0 bridgehead atoms. The predicted molar refractivity (Wildman–Crippen MR) is 47.5 cm³/mol. The highest BCUT2D eigenvalue weighted by atomic mass is 16.4. The molecule has 0 aromatic carbocycles. The van der Waals surface area contributed by atoms with Crippen molar-refractivity contribution in [3.05, 3.63) is 0 Å². The predicted octanol–water partition coefficient (Wildman–Crippen LogP) is 1.74. The van der Waals surface area contributed by atoms with Crippen molar-refractivity contribution in [1.29, 1.82) is 0 Å². The molecule has 0 aliphatic carbocycles. The van der Waals surface area contributed by atoms with Crippen LogP contribution in [0.4, 0.5) is 0 Å². The molecule has 0 aromatic heterocycles. The average molecular weight is 188 g/mol. The molecule has 0 aliphatic heterocycles. The van der Waals surface area contributed by atoms with E-state index in [1.807, 2.05) is 6.92 Å². The third kappa shape index (κ3) is 6.13. The Balaban J connectivity index is 3.69. The monoisotopic (exact) mass is 188 g/mol. The maximum Gasteiger partial charge on any atom is 0.306 e. The third-order valence-corrected chi connectivity index (χ3v) is 1.93. The Bertz CT molecular complexity index is 176. The van der Waals surface area contributed by atoms with E-state index < -0.39 is 11.9 Å². The first kappa shape index (κ1) is 11.9. The van der Waals surface area contributed by atoms with Crippen LogP contribution < -0.4 is 0 Å². The Morgan fingerprint density at radius 2 is 1.85 bits per heavy atom. The van der Waals surface area contributed by atoms with Gasteiger partial charge in [0.25, 0.3) is 0 Å². The van der Waals surface area contributed by atoms with Crippen molar-refractivity contribution >= 4 is 11.9 Å². The Morgan fingerprint density at radius 3 is 2.23 bits per heavy atom. The maximum absolute atomic E-state index is 10.6. The molecule has 0 spiro atoms. The van der Waals surface area contributed by atoms with E-state index in [4.69, 9.17) is 10.2 Å². The van der Waals surface area contributed by atoms with Gasteiger partial charge in [0.2, 0.25) is 0 Å². The lowest BCUT2D eigenvalue weighted by Gasteiger charge is -2.09. The van der Waals surface area contributed by atoms with Gasteiger partial charge < -0.3 is 10.2 Å². The highest BCUT2D eigenvalue weighted by Crippen LogP contribution is 2.14. The van der Waals surface area contributed by atoms with E-state index >= 15 is 0 Å². The van der Waals surface area contributed by atoms with Crippen molar-refractivity contribution in [2.24, 2.45) is 5.92 Å².